The molecule has 34 heavy (non-hydrogen) atoms. The third kappa shape index (κ3) is 5.61. The molecule has 1 aromatic heterocycles. The van der Waals surface area contributed by atoms with Crippen LogP contribution in [0, 0.1) is 0 Å². The van der Waals surface area contributed by atoms with Crippen molar-refractivity contribution < 1.29 is 27.5 Å². The highest BCUT2D eigenvalue weighted by molar-refractivity contribution is 7.91. The molecule has 10 heteroatoms. The lowest BCUT2D eigenvalue weighted by Crippen LogP contribution is -2.55. The minimum absolute atomic E-state index is 0.120. The van der Waals surface area contributed by atoms with E-state index in [9.17, 15) is 18.0 Å². The molecule has 0 atom stereocenters. The maximum atomic E-state index is 12.9. The highest BCUT2D eigenvalue weighted by atomic mass is 32.2. The number of nitrogens with one attached hydrogen (secondary N) is 2. The molecule has 3 rings (SSSR count). The van der Waals surface area contributed by atoms with Crippen molar-refractivity contribution in [2.75, 3.05) is 24.8 Å². The molecule has 0 saturated carbocycles. The Labute approximate surface area is 205 Å². The number of thiophene rings is 1. The van der Waals surface area contributed by atoms with Crippen LogP contribution < -0.4 is 15.4 Å². The van der Waals surface area contributed by atoms with Crippen molar-refractivity contribution in [2.45, 2.75) is 63.4 Å². The van der Waals surface area contributed by atoms with E-state index in [0.29, 0.717) is 22.7 Å². The molecule has 0 aliphatic carbocycles. The number of benzene rings is 1. The van der Waals surface area contributed by atoms with E-state index in [1.54, 1.807) is 19.1 Å². The molecule has 2 aromatic rings. The molecular weight excluding hydrogens is 476 g/mol. The van der Waals surface area contributed by atoms with Crippen LogP contribution in [0.15, 0.2) is 29.2 Å². The van der Waals surface area contributed by atoms with Gasteiger partial charge in [0.25, 0.3) is 0 Å². The Morgan fingerprint density at radius 2 is 1.79 bits per heavy atom. The molecule has 2 N–H and O–H groups in total. The standard InChI is InChI=1S/C24H32N2O6S2/c1-7-32-22(28)19-17-14-23(2,3)26-24(4,5)20(17)33-21(19)25-18(27)12-13-34(29,30)16-10-8-15(31-6)9-11-16/h8-11,26H,7,12-14H2,1-6H3,(H,25,27). The molecule has 0 spiro atoms. The third-order valence-corrected chi connectivity index (χ3v) is 8.80. The predicted molar refractivity (Wildman–Crippen MR) is 133 cm³/mol. The maximum absolute atomic E-state index is 12.9. The zero-order valence-corrected chi connectivity index (χ0v) is 22.0. The molecule has 0 saturated heterocycles. The van der Waals surface area contributed by atoms with E-state index in [1.807, 2.05) is 13.8 Å². The number of esters is 1. The number of rotatable bonds is 8. The van der Waals surface area contributed by atoms with Gasteiger partial charge in [0.15, 0.2) is 9.84 Å². The van der Waals surface area contributed by atoms with Gasteiger partial charge in [-0.05, 0) is 70.9 Å². The van der Waals surface area contributed by atoms with Gasteiger partial charge >= 0.3 is 5.97 Å². The van der Waals surface area contributed by atoms with Crippen molar-refractivity contribution in [1.82, 2.24) is 5.32 Å². The smallest absolute Gasteiger partial charge is 0.341 e. The highest BCUT2D eigenvalue weighted by Gasteiger charge is 2.42. The lowest BCUT2D eigenvalue weighted by molar-refractivity contribution is -0.115. The number of fused-ring (bicyclic) bond motifs is 1. The van der Waals surface area contributed by atoms with Crippen molar-refractivity contribution in [1.29, 1.82) is 0 Å². The van der Waals surface area contributed by atoms with Gasteiger partial charge in [-0.15, -0.1) is 11.3 Å². The summed E-state index contributed by atoms with van der Waals surface area (Å²) in [7, 11) is -2.16. The summed E-state index contributed by atoms with van der Waals surface area (Å²) in [5, 5.41) is 6.75. The molecule has 0 fully saturated rings. The minimum Gasteiger partial charge on any atom is -0.497 e. The van der Waals surface area contributed by atoms with Crippen LogP contribution in [-0.2, 0) is 31.3 Å². The van der Waals surface area contributed by atoms with Gasteiger partial charge in [0, 0.05) is 22.4 Å². The van der Waals surface area contributed by atoms with E-state index in [2.05, 4.69) is 24.5 Å². The molecule has 1 aromatic carbocycles. The van der Waals surface area contributed by atoms with E-state index in [0.717, 1.165) is 10.4 Å². The summed E-state index contributed by atoms with van der Waals surface area (Å²) >= 11 is 1.33. The molecule has 0 unspecified atom stereocenters. The Kier molecular flexibility index (Phi) is 7.45. The largest absolute Gasteiger partial charge is 0.497 e. The van der Waals surface area contributed by atoms with Gasteiger partial charge in [0.2, 0.25) is 5.91 Å². The third-order valence-electron chi connectivity index (χ3n) is 5.59. The van der Waals surface area contributed by atoms with E-state index < -0.39 is 27.3 Å². The summed E-state index contributed by atoms with van der Waals surface area (Å²) in [6.07, 6.45) is 0.352. The number of sulfone groups is 1. The zero-order valence-electron chi connectivity index (χ0n) is 20.4. The second-order valence-electron chi connectivity index (χ2n) is 9.44. The average Bonchev–Trinajstić information content (AvgIpc) is 3.09. The minimum atomic E-state index is -3.66. The Hall–Kier alpha value is -2.43. The number of carbonyl (C=O) groups excluding carboxylic acids is 2. The SMILES string of the molecule is CCOC(=O)c1c(NC(=O)CCS(=O)(=O)c2ccc(OC)cc2)sc2c1CC(C)(C)NC2(C)C. The molecule has 1 amide bonds. The van der Waals surface area contributed by atoms with Crippen LogP contribution in [-0.4, -0.2) is 45.3 Å². The van der Waals surface area contributed by atoms with Crippen molar-refractivity contribution in [3.8, 4) is 5.75 Å². The Morgan fingerprint density at radius 3 is 2.38 bits per heavy atom. The summed E-state index contributed by atoms with van der Waals surface area (Å²) in [6, 6.07) is 6.03. The van der Waals surface area contributed by atoms with E-state index in [4.69, 9.17) is 9.47 Å². The molecule has 1 aliphatic heterocycles. The van der Waals surface area contributed by atoms with E-state index >= 15 is 0 Å². The van der Waals surface area contributed by atoms with Crippen molar-refractivity contribution in [3.05, 3.63) is 40.3 Å². The first-order valence-corrected chi connectivity index (χ1v) is 13.6. The molecule has 186 valence electrons. The van der Waals surface area contributed by atoms with Crippen LogP contribution in [0.1, 0.15) is 61.8 Å². The Bertz CT molecular complexity index is 1180. The number of ether oxygens (including phenoxy) is 2. The zero-order chi connectivity index (χ0) is 25.3. The summed E-state index contributed by atoms with van der Waals surface area (Å²) in [5.41, 5.74) is 0.546. The van der Waals surface area contributed by atoms with Crippen molar-refractivity contribution in [2.24, 2.45) is 0 Å². The molecule has 1 aliphatic rings. The number of amides is 1. The molecular formula is C24H32N2O6S2. The van der Waals surface area contributed by atoms with Crippen LogP contribution in [0.2, 0.25) is 0 Å². The Balaban J connectivity index is 1.83. The van der Waals surface area contributed by atoms with Gasteiger partial charge in [0.1, 0.15) is 10.8 Å². The summed E-state index contributed by atoms with van der Waals surface area (Å²) < 4.78 is 35.7. The van der Waals surface area contributed by atoms with Crippen LogP contribution in [0.25, 0.3) is 0 Å². The van der Waals surface area contributed by atoms with Gasteiger partial charge in [-0.1, -0.05) is 0 Å². The monoisotopic (exact) mass is 508 g/mol. The fourth-order valence-corrected chi connectivity index (χ4v) is 6.87. The van der Waals surface area contributed by atoms with Crippen LogP contribution in [0.3, 0.4) is 0 Å². The number of methoxy groups -OCH3 is 1. The lowest BCUT2D eigenvalue weighted by atomic mass is 9.81. The highest BCUT2D eigenvalue weighted by Crippen LogP contribution is 2.45. The quantitative estimate of drug-likeness (QED) is 0.520. The van der Waals surface area contributed by atoms with E-state index in [-0.39, 0.29) is 29.2 Å². The van der Waals surface area contributed by atoms with Gasteiger partial charge in [-0.25, -0.2) is 13.2 Å². The second-order valence-corrected chi connectivity index (χ2v) is 12.6. The number of hydrogen-bond acceptors (Lipinski definition) is 8. The molecule has 8 nitrogen and oxygen atoms in total. The molecule has 0 radical (unpaired) electrons. The fourth-order valence-electron chi connectivity index (χ4n) is 4.35. The fraction of sp³-hybridized carbons (Fsp3) is 0.500. The first-order chi connectivity index (χ1) is 15.8. The van der Waals surface area contributed by atoms with Gasteiger partial charge in [-0.2, -0.15) is 0 Å². The van der Waals surface area contributed by atoms with Crippen LogP contribution >= 0.6 is 11.3 Å². The maximum Gasteiger partial charge on any atom is 0.341 e. The molecule has 2 heterocycles. The van der Waals surface area contributed by atoms with Crippen molar-refractivity contribution in [3.63, 3.8) is 0 Å². The topological polar surface area (TPSA) is 111 Å². The molecule has 0 bridgehead atoms. The van der Waals surface area contributed by atoms with Gasteiger partial charge in [0.05, 0.1) is 29.9 Å². The Morgan fingerprint density at radius 1 is 1.15 bits per heavy atom. The van der Waals surface area contributed by atoms with E-state index in [1.165, 1.54) is 30.6 Å². The normalized spacial score (nSPS) is 16.4. The average molecular weight is 509 g/mol. The summed E-state index contributed by atoms with van der Waals surface area (Å²) in [4.78, 5) is 26.7. The van der Waals surface area contributed by atoms with Crippen molar-refractivity contribution >= 4 is 38.1 Å². The van der Waals surface area contributed by atoms with Crippen LogP contribution in [0.5, 0.6) is 5.75 Å². The predicted octanol–water partition coefficient (Wildman–Crippen LogP) is 3.90. The van der Waals surface area contributed by atoms with Crippen LogP contribution in [0.4, 0.5) is 5.00 Å². The lowest BCUT2D eigenvalue weighted by Gasteiger charge is -2.42. The first-order valence-electron chi connectivity index (χ1n) is 11.1. The second kappa shape index (κ2) is 9.67. The van der Waals surface area contributed by atoms with Gasteiger partial charge in [-0.3, -0.25) is 4.79 Å². The summed E-state index contributed by atoms with van der Waals surface area (Å²) in [5.74, 6) is -0.781. The number of hydrogen-bond donors (Lipinski definition) is 2. The number of carbonyl (C=O) groups is 2. The van der Waals surface area contributed by atoms with Gasteiger partial charge < -0.3 is 20.1 Å². The first kappa shape index (κ1) is 26.2. The summed E-state index contributed by atoms with van der Waals surface area (Å²) in [6.45, 7) is 10.1. The number of anilines is 1.